The summed E-state index contributed by atoms with van der Waals surface area (Å²) in [7, 11) is 0. The fourth-order valence-electron chi connectivity index (χ4n) is 5.16. The van der Waals surface area contributed by atoms with Gasteiger partial charge in [0.25, 0.3) is 0 Å². The van der Waals surface area contributed by atoms with Gasteiger partial charge >= 0.3 is 0 Å². The van der Waals surface area contributed by atoms with Gasteiger partial charge in [-0.3, -0.25) is 9.59 Å². The van der Waals surface area contributed by atoms with Crippen LogP contribution in [0.4, 0.5) is 0 Å². The van der Waals surface area contributed by atoms with Gasteiger partial charge in [0.05, 0.1) is 0 Å². The Morgan fingerprint density at radius 1 is 1.24 bits per heavy atom. The molecule has 1 aromatic rings. The summed E-state index contributed by atoms with van der Waals surface area (Å²) in [6.45, 7) is 2.01. The Hall–Kier alpha value is -1.64. The molecule has 0 saturated heterocycles. The summed E-state index contributed by atoms with van der Waals surface area (Å²) in [5.74, 6) is 1.17. The molecular weight excluding hydrogens is 264 g/mol. The molecule has 1 aromatic carbocycles. The summed E-state index contributed by atoms with van der Waals surface area (Å²) in [5, 5.41) is 9.66. The third-order valence-electron chi connectivity index (χ3n) is 6.28. The molecule has 3 aliphatic carbocycles. The number of hydrogen-bond donors (Lipinski definition) is 1. The number of aromatic hydroxyl groups is 1. The van der Waals surface area contributed by atoms with Gasteiger partial charge in [-0.05, 0) is 66.7 Å². The van der Waals surface area contributed by atoms with Gasteiger partial charge < -0.3 is 5.11 Å². The van der Waals surface area contributed by atoms with E-state index in [1.807, 2.05) is 19.1 Å². The highest BCUT2D eigenvalue weighted by Crippen LogP contribution is 2.58. The van der Waals surface area contributed by atoms with E-state index in [9.17, 15) is 14.7 Å². The molecule has 3 heteroatoms. The van der Waals surface area contributed by atoms with Crippen LogP contribution in [0, 0.1) is 17.3 Å². The second-order valence-corrected chi connectivity index (χ2v) is 7.21. The van der Waals surface area contributed by atoms with E-state index in [0.29, 0.717) is 24.0 Å². The van der Waals surface area contributed by atoms with E-state index < -0.39 is 5.41 Å². The maximum absolute atomic E-state index is 12.2. The van der Waals surface area contributed by atoms with E-state index in [-0.39, 0.29) is 17.5 Å². The highest BCUT2D eigenvalue weighted by atomic mass is 16.3. The fourth-order valence-corrected chi connectivity index (χ4v) is 5.16. The van der Waals surface area contributed by atoms with Crippen LogP contribution in [0.5, 0.6) is 5.75 Å². The Morgan fingerprint density at radius 3 is 2.86 bits per heavy atom. The van der Waals surface area contributed by atoms with Crippen LogP contribution in [-0.2, 0) is 16.0 Å². The molecular formula is C18H20O3. The molecule has 1 N–H and O–H groups in total. The standard InChI is InChI=1S/C18H20O3/c1-18-7-6-13-12-5-3-11(19)8-10(12)2-4-14(13)15(18)9-16(20)17(18)21/h3,5,8,13-15,19H,2,4,6-7,9H2,1H3/t13-,14+,15+,18-/m1/s1. The molecule has 0 aliphatic heterocycles. The Kier molecular flexibility index (Phi) is 2.60. The van der Waals surface area contributed by atoms with E-state index in [4.69, 9.17) is 0 Å². The summed E-state index contributed by atoms with van der Waals surface area (Å²) in [6.07, 6.45) is 4.23. The van der Waals surface area contributed by atoms with Crippen LogP contribution in [0.1, 0.15) is 49.7 Å². The maximum atomic E-state index is 12.2. The van der Waals surface area contributed by atoms with E-state index in [0.717, 1.165) is 25.7 Å². The van der Waals surface area contributed by atoms with Gasteiger partial charge in [-0.25, -0.2) is 0 Å². The number of phenols is 1. The van der Waals surface area contributed by atoms with Crippen molar-refractivity contribution in [3.8, 4) is 5.75 Å². The first-order valence-electron chi connectivity index (χ1n) is 7.90. The molecule has 3 aliphatic rings. The highest BCUT2D eigenvalue weighted by molar-refractivity contribution is 6.41. The molecule has 0 heterocycles. The van der Waals surface area contributed by atoms with Crippen LogP contribution in [0.25, 0.3) is 0 Å². The number of hydrogen-bond acceptors (Lipinski definition) is 3. The van der Waals surface area contributed by atoms with Crippen molar-refractivity contribution >= 4 is 11.6 Å². The lowest BCUT2D eigenvalue weighted by Gasteiger charge is -2.47. The zero-order valence-corrected chi connectivity index (χ0v) is 12.3. The second-order valence-electron chi connectivity index (χ2n) is 7.21. The Bertz CT molecular complexity index is 648. The van der Waals surface area contributed by atoms with Gasteiger partial charge in [-0.2, -0.15) is 0 Å². The Morgan fingerprint density at radius 2 is 2.05 bits per heavy atom. The molecule has 21 heavy (non-hydrogen) atoms. The number of carbonyl (C=O) groups excluding carboxylic acids is 2. The van der Waals surface area contributed by atoms with Crippen molar-refractivity contribution < 1.29 is 14.7 Å². The molecule has 0 bridgehead atoms. The number of fused-ring (bicyclic) bond motifs is 5. The molecule has 0 unspecified atom stereocenters. The van der Waals surface area contributed by atoms with Crippen LogP contribution in [-0.4, -0.2) is 16.7 Å². The first-order valence-corrected chi connectivity index (χ1v) is 7.90. The average molecular weight is 284 g/mol. The van der Waals surface area contributed by atoms with E-state index in [2.05, 4.69) is 0 Å². The topological polar surface area (TPSA) is 54.4 Å². The quantitative estimate of drug-likeness (QED) is 0.745. The summed E-state index contributed by atoms with van der Waals surface area (Å²) >= 11 is 0. The van der Waals surface area contributed by atoms with Crippen molar-refractivity contribution in [2.24, 2.45) is 17.3 Å². The lowest BCUT2D eigenvalue weighted by atomic mass is 9.55. The first kappa shape index (κ1) is 13.1. The zero-order chi connectivity index (χ0) is 14.8. The van der Waals surface area contributed by atoms with E-state index >= 15 is 0 Å². The molecule has 4 atom stereocenters. The van der Waals surface area contributed by atoms with Gasteiger partial charge in [0.2, 0.25) is 5.78 Å². The smallest absolute Gasteiger partial charge is 0.204 e. The van der Waals surface area contributed by atoms with Crippen molar-refractivity contribution in [2.75, 3.05) is 0 Å². The maximum Gasteiger partial charge on any atom is 0.204 e. The van der Waals surface area contributed by atoms with Crippen LogP contribution in [0.15, 0.2) is 18.2 Å². The summed E-state index contributed by atoms with van der Waals surface area (Å²) in [4.78, 5) is 24.2. The largest absolute Gasteiger partial charge is 0.508 e. The predicted molar refractivity (Wildman–Crippen MR) is 78.1 cm³/mol. The van der Waals surface area contributed by atoms with Gasteiger partial charge in [-0.1, -0.05) is 13.0 Å². The molecule has 2 saturated carbocycles. The van der Waals surface area contributed by atoms with Crippen molar-refractivity contribution in [1.29, 1.82) is 0 Å². The van der Waals surface area contributed by atoms with Crippen molar-refractivity contribution in [3.63, 3.8) is 0 Å². The van der Waals surface area contributed by atoms with Crippen LogP contribution < -0.4 is 0 Å². The molecule has 110 valence electrons. The van der Waals surface area contributed by atoms with Crippen molar-refractivity contribution in [3.05, 3.63) is 29.3 Å². The number of rotatable bonds is 0. The fraction of sp³-hybridized carbons (Fsp3) is 0.556. The summed E-state index contributed by atoms with van der Waals surface area (Å²) in [6, 6.07) is 5.69. The molecule has 0 radical (unpaired) electrons. The zero-order valence-electron chi connectivity index (χ0n) is 12.3. The molecule has 4 rings (SSSR count). The first-order chi connectivity index (χ1) is 10.0. The van der Waals surface area contributed by atoms with E-state index in [1.54, 1.807) is 6.07 Å². The SMILES string of the molecule is C[C@@]12CC[C@@H]3c4ccc(O)cc4CC[C@@H]3[C@@H]1CC(=O)C2=O. The number of carbonyl (C=O) groups is 2. The van der Waals surface area contributed by atoms with Crippen LogP contribution >= 0.6 is 0 Å². The van der Waals surface area contributed by atoms with Crippen molar-refractivity contribution in [2.45, 2.75) is 44.9 Å². The third kappa shape index (κ3) is 1.66. The summed E-state index contributed by atoms with van der Waals surface area (Å²) in [5.41, 5.74) is 2.17. The Labute approximate surface area is 124 Å². The minimum absolute atomic E-state index is 0.123. The second kappa shape index (κ2) is 4.19. The minimum atomic E-state index is -0.410. The predicted octanol–water partition coefficient (Wildman–Crippen LogP) is 3.00. The monoisotopic (exact) mass is 284 g/mol. The van der Waals surface area contributed by atoms with Gasteiger partial charge in [0.15, 0.2) is 5.78 Å². The van der Waals surface area contributed by atoms with Gasteiger partial charge in [-0.15, -0.1) is 0 Å². The number of aryl methyl sites for hydroxylation is 1. The van der Waals surface area contributed by atoms with Crippen LogP contribution in [0.2, 0.25) is 0 Å². The molecule has 2 fully saturated rings. The number of Topliss-reactive ketones (excluding diaryl/α,β-unsaturated/α-hetero) is 2. The lowest BCUT2D eigenvalue weighted by Crippen LogP contribution is -2.42. The van der Waals surface area contributed by atoms with Gasteiger partial charge in [0, 0.05) is 11.8 Å². The molecule has 0 spiro atoms. The molecule has 3 nitrogen and oxygen atoms in total. The number of phenolic OH excluding ortho intramolecular Hbond substituents is 1. The number of ketones is 2. The average Bonchev–Trinajstić information content (AvgIpc) is 2.70. The Balaban J connectivity index is 1.74. The number of benzene rings is 1. The van der Waals surface area contributed by atoms with Crippen LogP contribution in [0.3, 0.4) is 0 Å². The highest BCUT2D eigenvalue weighted by Gasteiger charge is 2.58. The minimum Gasteiger partial charge on any atom is -0.508 e. The third-order valence-corrected chi connectivity index (χ3v) is 6.28. The molecule has 0 aromatic heterocycles. The lowest BCUT2D eigenvalue weighted by molar-refractivity contribution is -0.139. The van der Waals surface area contributed by atoms with E-state index in [1.165, 1.54) is 11.1 Å². The summed E-state index contributed by atoms with van der Waals surface area (Å²) < 4.78 is 0. The normalized spacial score (nSPS) is 37.9. The van der Waals surface area contributed by atoms with Crippen molar-refractivity contribution in [1.82, 2.24) is 0 Å². The van der Waals surface area contributed by atoms with Gasteiger partial charge in [0.1, 0.15) is 5.75 Å². The molecule has 0 amide bonds.